The fourth-order valence-electron chi connectivity index (χ4n) is 6.22. The van der Waals surface area contributed by atoms with Gasteiger partial charge in [-0.1, -0.05) is 115 Å². The number of benzene rings is 3. The number of thiophene rings is 1. The second-order valence-corrected chi connectivity index (χ2v) is 11.2. The molecule has 0 saturated carbocycles. The van der Waals surface area contributed by atoms with Gasteiger partial charge in [-0.3, -0.25) is 4.98 Å². The molecule has 0 spiro atoms. The molecule has 0 N–H and O–H groups in total. The van der Waals surface area contributed by atoms with Crippen LogP contribution in [0, 0.1) is 0 Å². The van der Waals surface area contributed by atoms with Gasteiger partial charge in [0.05, 0.1) is 22.9 Å². The van der Waals surface area contributed by atoms with Gasteiger partial charge in [0.25, 0.3) is 0 Å². The summed E-state index contributed by atoms with van der Waals surface area (Å²) in [5.74, 6) is 0. The van der Waals surface area contributed by atoms with Crippen LogP contribution in [-0.2, 0) is 19.3 Å². The van der Waals surface area contributed by atoms with E-state index < -0.39 is 0 Å². The van der Waals surface area contributed by atoms with Crippen molar-refractivity contribution in [3.63, 3.8) is 0 Å². The number of aromatic nitrogens is 2. The molecule has 0 fully saturated rings. The lowest BCUT2D eigenvalue weighted by atomic mass is 9.84. The van der Waals surface area contributed by atoms with E-state index in [9.17, 15) is 0 Å². The van der Waals surface area contributed by atoms with Crippen molar-refractivity contribution in [2.75, 3.05) is 0 Å². The average Bonchev–Trinajstić information content (AvgIpc) is 3.48. The monoisotopic (exact) mass is 600 g/mol. The highest BCUT2D eigenvalue weighted by atomic mass is 32.1. The van der Waals surface area contributed by atoms with Crippen LogP contribution in [0.3, 0.4) is 0 Å². The molecule has 3 heteroatoms. The van der Waals surface area contributed by atoms with Gasteiger partial charge in [0.15, 0.2) is 0 Å². The summed E-state index contributed by atoms with van der Waals surface area (Å²) in [5, 5.41) is 1.37. The van der Waals surface area contributed by atoms with Gasteiger partial charge in [-0.15, -0.1) is 11.3 Å². The Morgan fingerprint density at radius 1 is 0.795 bits per heavy atom. The third kappa shape index (κ3) is 6.21. The summed E-state index contributed by atoms with van der Waals surface area (Å²) in [6, 6.07) is 15.5. The van der Waals surface area contributed by atoms with Crippen LogP contribution in [-0.4, -0.2) is 9.97 Å². The zero-order chi connectivity index (χ0) is 31.6. The minimum absolute atomic E-state index is 0.933. The average molecular weight is 601 g/mol. The SMILES string of the molecule is C/C=C\c1sc2c(-c3cccc(-c4cnc5c6c(c7c(c5n4)C=CCC7)CCC=C6)c3)cccc2c1CC.CC.CC.CC. The minimum atomic E-state index is 0.933. The summed E-state index contributed by atoms with van der Waals surface area (Å²) >= 11 is 1.90. The Morgan fingerprint density at radius 2 is 1.43 bits per heavy atom. The van der Waals surface area contributed by atoms with E-state index in [1.54, 1.807) is 0 Å². The summed E-state index contributed by atoms with van der Waals surface area (Å²) in [7, 11) is 0. The second-order valence-electron chi connectivity index (χ2n) is 10.2. The number of nitrogens with zero attached hydrogens (tertiary/aromatic N) is 2. The van der Waals surface area contributed by atoms with Crippen LogP contribution in [0.15, 0.2) is 66.9 Å². The second kappa shape index (κ2) is 15.8. The van der Waals surface area contributed by atoms with Gasteiger partial charge in [0.1, 0.15) is 0 Å². The van der Waals surface area contributed by atoms with E-state index in [0.717, 1.165) is 54.4 Å². The van der Waals surface area contributed by atoms with Crippen molar-refractivity contribution >= 4 is 50.7 Å². The Hall–Kier alpha value is -3.82. The highest BCUT2D eigenvalue weighted by Gasteiger charge is 2.22. The zero-order valence-corrected chi connectivity index (χ0v) is 28.7. The first-order valence-electron chi connectivity index (χ1n) is 16.7. The molecule has 2 nitrogen and oxygen atoms in total. The standard InChI is InChI=1S/C35H30N2S.3C2H6/c1-3-11-32-24(4-2)30-19-10-18-25(35(30)38-32)22-12-9-13-23(20-22)31-21-36-33-28-16-7-5-14-26(28)27-15-6-8-17-29(27)34(33)37-31;3*1-2/h3,7-13,16-21H,4-6,14-15H2,1-2H3;3*1-2H3/b11-3-;;;. The third-order valence-corrected chi connectivity index (χ3v) is 9.23. The number of hydrogen-bond donors (Lipinski definition) is 0. The Labute approximate surface area is 269 Å². The number of hydrogen-bond acceptors (Lipinski definition) is 3. The minimum Gasteiger partial charge on any atom is -0.252 e. The molecular formula is C41H48N2S. The predicted molar refractivity (Wildman–Crippen MR) is 199 cm³/mol. The van der Waals surface area contributed by atoms with Crippen LogP contribution >= 0.6 is 11.3 Å². The van der Waals surface area contributed by atoms with Crippen molar-refractivity contribution in [3.8, 4) is 22.4 Å². The molecule has 2 aliphatic carbocycles. The smallest absolute Gasteiger partial charge is 0.0975 e. The summed E-state index contributed by atoms with van der Waals surface area (Å²) < 4.78 is 1.36. The molecule has 0 aliphatic heterocycles. The Balaban J connectivity index is 0.000000696. The molecule has 0 amide bonds. The van der Waals surface area contributed by atoms with Crippen molar-refractivity contribution in [3.05, 3.63) is 99.6 Å². The van der Waals surface area contributed by atoms with E-state index in [0.29, 0.717) is 0 Å². The molecule has 0 atom stereocenters. The number of aryl methyl sites for hydroxylation is 1. The topological polar surface area (TPSA) is 25.8 Å². The molecule has 2 aliphatic rings. The first kappa shape index (κ1) is 33.1. The Bertz CT molecular complexity index is 1820. The van der Waals surface area contributed by atoms with Crippen molar-refractivity contribution < 1.29 is 0 Å². The summed E-state index contributed by atoms with van der Waals surface area (Å²) in [6.07, 6.45) is 20.9. The van der Waals surface area contributed by atoms with Crippen LogP contribution in [0.25, 0.3) is 61.7 Å². The summed E-state index contributed by atoms with van der Waals surface area (Å²) in [4.78, 5) is 11.7. The normalized spacial score (nSPS) is 12.9. The lowest BCUT2D eigenvalue weighted by molar-refractivity contribution is 0.908. The highest BCUT2D eigenvalue weighted by molar-refractivity contribution is 7.20. The lowest BCUT2D eigenvalue weighted by Crippen LogP contribution is -2.08. The first-order valence-corrected chi connectivity index (χ1v) is 17.5. The van der Waals surface area contributed by atoms with Gasteiger partial charge >= 0.3 is 0 Å². The Morgan fingerprint density at radius 3 is 2.09 bits per heavy atom. The largest absolute Gasteiger partial charge is 0.252 e. The van der Waals surface area contributed by atoms with E-state index in [4.69, 9.17) is 9.97 Å². The van der Waals surface area contributed by atoms with Gasteiger partial charge in [-0.2, -0.15) is 0 Å². The molecule has 228 valence electrons. The maximum atomic E-state index is 5.27. The fourth-order valence-corrected chi connectivity index (χ4v) is 7.62. The van der Waals surface area contributed by atoms with Crippen molar-refractivity contribution in [2.24, 2.45) is 0 Å². The van der Waals surface area contributed by atoms with Crippen molar-refractivity contribution in [1.82, 2.24) is 9.97 Å². The fraction of sp³-hybridized carbons (Fsp3) is 0.317. The molecule has 7 rings (SSSR count). The summed E-state index contributed by atoms with van der Waals surface area (Å²) in [5.41, 5.74) is 13.6. The van der Waals surface area contributed by atoms with Gasteiger partial charge in [0.2, 0.25) is 0 Å². The molecule has 0 unspecified atom stereocenters. The van der Waals surface area contributed by atoms with Crippen LogP contribution < -0.4 is 0 Å². The molecule has 2 heterocycles. The van der Waals surface area contributed by atoms with Crippen LogP contribution in [0.1, 0.15) is 101 Å². The van der Waals surface area contributed by atoms with E-state index in [-0.39, 0.29) is 0 Å². The number of fused-ring (bicyclic) bond motifs is 7. The number of allylic oxidation sites excluding steroid dienone is 3. The van der Waals surface area contributed by atoms with Crippen molar-refractivity contribution in [2.45, 2.75) is 87.5 Å². The first-order chi connectivity index (χ1) is 21.8. The van der Waals surface area contributed by atoms with Crippen molar-refractivity contribution in [1.29, 1.82) is 0 Å². The summed E-state index contributed by atoms with van der Waals surface area (Å²) in [6.45, 7) is 16.3. The molecule has 5 aromatic rings. The quantitative estimate of drug-likeness (QED) is 0.205. The van der Waals surface area contributed by atoms with E-state index >= 15 is 0 Å². The number of rotatable bonds is 4. The molecule has 0 saturated heterocycles. The molecule has 0 radical (unpaired) electrons. The van der Waals surface area contributed by atoms with Crippen LogP contribution in [0.4, 0.5) is 0 Å². The zero-order valence-electron chi connectivity index (χ0n) is 27.9. The molecule has 3 aromatic carbocycles. The maximum Gasteiger partial charge on any atom is 0.0975 e. The lowest BCUT2D eigenvalue weighted by Gasteiger charge is -2.22. The molecule has 2 aromatic heterocycles. The molecule has 44 heavy (non-hydrogen) atoms. The van der Waals surface area contributed by atoms with E-state index in [1.165, 1.54) is 53.9 Å². The maximum absolute atomic E-state index is 5.27. The van der Waals surface area contributed by atoms with E-state index in [2.05, 4.69) is 92.8 Å². The van der Waals surface area contributed by atoms with Gasteiger partial charge in [-0.05, 0) is 84.4 Å². The van der Waals surface area contributed by atoms with Gasteiger partial charge in [-0.25, -0.2) is 4.98 Å². The predicted octanol–water partition coefficient (Wildman–Crippen LogP) is 12.8. The highest BCUT2D eigenvalue weighted by Crippen LogP contribution is 2.41. The van der Waals surface area contributed by atoms with Crippen LogP contribution in [0.5, 0.6) is 0 Å². The third-order valence-electron chi connectivity index (χ3n) is 7.98. The molecule has 0 bridgehead atoms. The molecular weight excluding hydrogens is 553 g/mol. The Kier molecular flexibility index (Phi) is 11.9. The van der Waals surface area contributed by atoms with Gasteiger partial charge in [0, 0.05) is 26.3 Å². The van der Waals surface area contributed by atoms with E-state index in [1.807, 2.05) is 59.1 Å². The van der Waals surface area contributed by atoms with Crippen LogP contribution in [0.2, 0.25) is 0 Å². The van der Waals surface area contributed by atoms with Gasteiger partial charge < -0.3 is 0 Å².